The molecule has 0 bridgehead atoms. The lowest BCUT2D eigenvalue weighted by Gasteiger charge is -2.16. The number of rotatable bonds is 4. The summed E-state index contributed by atoms with van der Waals surface area (Å²) in [5.41, 5.74) is 2.83. The number of para-hydroxylation sites is 1. The normalized spacial score (nSPS) is 12.0. The van der Waals surface area contributed by atoms with Gasteiger partial charge in [-0.2, -0.15) is 5.26 Å². The molecule has 0 aliphatic heterocycles. The zero-order valence-corrected chi connectivity index (χ0v) is 14.1. The van der Waals surface area contributed by atoms with Gasteiger partial charge in [0, 0.05) is 18.1 Å². The van der Waals surface area contributed by atoms with E-state index in [0.717, 1.165) is 27.2 Å². The number of hydrogen-bond donors (Lipinski definition) is 2. The number of aromatic nitrogens is 1. The van der Waals surface area contributed by atoms with Crippen LogP contribution in [0.25, 0.3) is 21.7 Å². The van der Waals surface area contributed by atoms with Crippen molar-refractivity contribution < 1.29 is 5.11 Å². The molecule has 4 rings (SSSR count). The van der Waals surface area contributed by atoms with Gasteiger partial charge in [0.05, 0.1) is 22.9 Å². The first-order valence-electron chi connectivity index (χ1n) is 8.45. The Morgan fingerprint density at radius 1 is 1.00 bits per heavy atom. The van der Waals surface area contributed by atoms with Crippen LogP contribution in [-0.2, 0) is 0 Å². The molecule has 4 aromatic rings. The van der Waals surface area contributed by atoms with E-state index in [4.69, 9.17) is 0 Å². The molecule has 0 aliphatic carbocycles. The third-order valence-electron chi connectivity index (χ3n) is 4.53. The minimum absolute atomic E-state index is 0.307. The molecular formula is C22H17N3O. The molecular weight excluding hydrogens is 322 g/mol. The van der Waals surface area contributed by atoms with Crippen LogP contribution in [0.4, 0.5) is 5.69 Å². The second-order valence-corrected chi connectivity index (χ2v) is 6.18. The SMILES string of the molecule is N#Cc1cnc2ccccc2c1NCC(O)c1ccc2ccccc2c1. The minimum atomic E-state index is -0.682. The molecule has 0 saturated carbocycles. The summed E-state index contributed by atoms with van der Waals surface area (Å²) in [4.78, 5) is 4.31. The summed E-state index contributed by atoms with van der Waals surface area (Å²) < 4.78 is 0. The molecule has 1 heterocycles. The molecule has 3 aromatic carbocycles. The van der Waals surface area contributed by atoms with E-state index in [-0.39, 0.29) is 0 Å². The first kappa shape index (κ1) is 16.1. The Labute approximate surface area is 151 Å². The average molecular weight is 339 g/mol. The van der Waals surface area contributed by atoms with Crippen LogP contribution in [-0.4, -0.2) is 16.6 Å². The maximum absolute atomic E-state index is 10.6. The van der Waals surface area contributed by atoms with Crippen molar-refractivity contribution in [3.05, 3.63) is 84.1 Å². The van der Waals surface area contributed by atoms with Gasteiger partial charge in [0.1, 0.15) is 6.07 Å². The van der Waals surface area contributed by atoms with Gasteiger partial charge in [0.15, 0.2) is 0 Å². The van der Waals surface area contributed by atoms with Crippen molar-refractivity contribution in [1.82, 2.24) is 4.98 Å². The number of anilines is 1. The van der Waals surface area contributed by atoms with Crippen molar-refractivity contribution in [2.24, 2.45) is 0 Å². The van der Waals surface area contributed by atoms with Crippen molar-refractivity contribution in [3.63, 3.8) is 0 Å². The Morgan fingerprint density at radius 3 is 2.62 bits per heavy atom. The maximum Gasteiger partial charge on any atom is 0.103 e. The van der Waals surface area contributed by atoms with Gasteiger partial charge in [-0.05, 0) is 28.5 Å². The largest absolute Gasteiger partial charge is 0.387 e. The van der Waals surface area contributed by atoms with Crippen molar-refractivity contribution in [1.29, 1.82) is 5.26 Å². The Morgan fingerprint density at radius 2 is 1.77 bits per heavy atom. The topological polar surface area (TPSA) is 68.9 Å². The van der Waals surface area contributed by atoms with E-state index in [9.17, 15) is 10.4 Å². The van der Waals surface area contributed by atoms with Crippen LogP contribution in [0.5, 0.6) is 0 Å². The molecule has 0 saturated heterocycles. The smallest absolute Gasteiger partial charge is 0.103 e. The number of hydrogen-bond acceptors (Lipinski definition) is 4. The van der Waals surface area contributed by atoms with Gasteiger partial charge in [0.2, 0.25) is 0 Å². The van der Waals surface area contributed by atoms with Gasteiger partial charge in [-0.3, -0.25) is 4.98 Å². The number of pyridine rings is 1. The first-order valence-corrected chi connectivity index (χ1v) is 8.45. The van der Waals surface area contributed by atoms with Crippen LogP contribution in [0, 0.1) is 11.3 Å². The quantitative estimate of drug-likeness (QED) is 0.578. The third-order valence-corrected chi connectivity index (χ3v) is 4.53. The van der Waals surface area contributed by atoms with E-state index in [1.54, 1.807) is 6.20 Å². The molecule has 0 fully saturated rings. The van der Waals surface area contributed by atoms with Crippen molar-refractivity contribution >= 4 is 27.4 Å². The first-order chi connectivity index (χ1) is 12.8. The van der Waals surface area contributed by atoms with Crippen LogP contribution in [0.3, 0.4) is 0 Å². The predicted octanol–water partition coefficient (Wildman–Crippen LogP) is 4.41. The van der Waals surface area contributed by atoms with Crippen LogP contribution < -0.4 is 5.32 Å². The molecule has 26 heavy (non-hydrogen) atoms. The summed E-state index contributed by atoms with van der Waals surface area (Å²) in [6.45, 7) is 0.307. The van der Waals surface area contributed by atoms with Crippen LogP contribution in [0.2, 0.25) is 0 Å². The molecule has 126 valence electrons. The second kappa shape index (κ2) is 6.83. The zero-order valence-electron chi connectivity index (χ0n) is 14.1. The molecule has 0 radical (unpaired) electrons. The number of aliphatic hydroxyl groups excluding tert-OH is 1. The summed E-state index contributed by atoms with van der Waals surface area (Å²) in [7, 11) is 0. The lowest BCUT2D eigenvalue weighted by Crippen LogP contribution is -2.13. The molecule has 0 aliphatic rings. The number of fused-ring (bicyclic) bond motifs is 2. The van der Waals surface area contributed by atoms with E-state index in [0.29, 0.717) is 17.8 Å². The van der Waals surface area contributed by atoms with Crippen LogP contribution in [0.15, 0.2) is 72.9 Å². The summed E-state index contributed by atoms with van der Waals surface area (Å²) in [6, 6.07) is 23.8. The molecule has 4 heteroatoms. The molecule has 1 aromatic heterocycles. The fourth-order valence-electron chi connectivity index (χ4n) is 3.15. The monoisotopic (exact) mass is 339 g/mol. The van der Waals surface area contributed by atoms with E-state index in [1.165, 1.54) is 0 Å². The Bertz CT molecular complexity index is 1130. The molecule has 0 spiro atoms. The number of benzene rings is 3. The molecule has 1 atom stereocenters. The zero-order chi connectivity index (χ0) is 17.9. The summed E-state index contributed by atoms with van der Waals surface area (Å²) in [6.07, 6.45) is 0.880. The number of nitrogens with one attached hydrogen (secondary N) is 1. The van der Waals surface area contributed by atoms with Gasteiger partial charge in [-0.15, -0.1) is 0 Å². The maximum atomic E-state index is 10.6. The standard InChI is InChI=1S/C22H17N3O/c23-12-18-13-24-20-8-4-3-7-19(20)22(18)25-14-21(26)17-10-9-15-5-1-2-6-16(15)11-17/h1-11,13,21,26H,14H2,(H,24,25). The van der Waals surface area contributed by atoms with Crippen molar-refractivity contribution in [2.75, 3.05) is 11.9 Å². The highest BCUT2D eigenvalue weighted by atomic mass is 16.3. The van der Waals surface area contributed by atoms with Crippen LogP contribution in [0.1, 0.15) is 17.2 Å². The molecule has 1 unspecified atom stereocenters. The molecule has 4 nitrogen and oxygen atoms in total. The van der Waals surface area contributed by atoms with Gasteiger partial charge in [0.25, 0.3) is 0 Å². The number of nitrogens with zero attached hydrogens (tertiary/aromatic N) is 2. The van der Waals surface area contributed by atoms with E-state index < -0.39 is 6.10 Å². The molecule has 2 N–H and O–H groups in total. The lowest BCUT2D eigenvalue weighted by atomic mass is 10.0. The minimum Gasteiger partial charge on any atom is -0.387 e. The Balaban J connectivity index is 1.62. The van der Waals surface area contributed by atoms with Gasteiger partial charge in [-0.1, -0.05) is 54.6 Å². The summed E-state index contributed by atoms with van der Waals surface area (Å²) >= 11 is 0. The lowest BCUT2D eigenvalue weighted by molar-refractivity contribution is 0.192. The van der Waals surface area contributed by atoms with Gasteiger partial charge in [-0.25, -0.2) is 0 Å². The third kappa shape index (κ3) is 2.97. The number of nitriles is 1. The van der Waals surface area contributed by atoms with E-state index in [2.05, 4.69) is 16.4 Å². The van der Waals surface area contributed by atoms with Crippen molar-refractivity contribution in [3.8, 4) is 6.07 Å². The van der Waals surface area contributed by atoms with E-state index >= 15 is 0 Å². The van der Waals surface area contributed by atoms with Gasteiger partial charge >= 0.3 is 0 Å². The summed E-state index contributed by atoms with van der Waals surface area (Å²) in [5.74, 6) is 0. The Hall–Kier alpha value is -3.42. The molecule has 0 amide bonds. The highest BCUT2D eigenvalue weighted by Crippen LogP contribution is 2.27. The fourth-order valence-corrected chi connectivity index (χ4v) is 3.15. The van der Waals surface area contributed by atoms with Crippen molar-refractivity contribution in [2.45, 2.75) is 6.10 Å². The number of aliphatic hydroxyl groups is 1. The summed E-state index contributed by atoms with van der Waals surface area (Å²) in [5, 5.41) is 26.4. The highest BCUT2D eigenvalue weighted by Gasteiger charge is 2.12. The van der Waals surface area contributed by atoms with E-state index in [1.807, 2.05) is 66.7 Å². The highest BCUT2D eigenvalue weighted by molar-refractivity contribution is 5.93. The average Bonchev–Trinajstić information content (AvgIpc) is 2.71. The second-order valence-electron chi connectivity index (χ2n) is 6.18. The van der Waals surface area contributed by atoms with Crippen LogP contribution >= 0.6 is 0 Å². The Kier molecular flexibility index (Phi) is 4.22. The fraction of sp³-hybridized carbons (Fsp3) is 0.0909. The predicted molar refractivity (Wildman–Crippen MR) is 104 cm³/mol. The van der Waals surface area contributed by atoms with Gasteiger partial charge < -0.3 is 10.4 Å².